The third-order valence-corrected chi connectivity index (χ3v) is 6.41. The number of nitrogens with zero attached hydrogens (tertiary/aromatic N) is 4. The highest BCUT2D eigenvalue weighted by atomic mass is 32.2. The van der Waals surface area contributed by atoms with Crippen molar-refractivity contribution in [2.75, 3.05) is 33.2 Å². The van der Waals surface area contributed by atoms with Crippen LogP contribution in [-0.2, 0) is 16.6 Å². The molecule has 1 aromatic carbocycles. The maximum Gasteiger partial charge on any atom is 0.289 e. The molecule has 0 unspecified atom stereocenters. The minimum absolute atomic E-state index is 0.00177. The Kier molecular flexibility index (Phi) is 5.90. The molecule has 3 aromatic rings. The van der Waals surface area contributed by atoms with Gasteiger partial charge in [-0.25, -0.2) is 13.1 Å². The molecule has 31 heavy (non-hydrogen) atoms. The first-order valence-corrected chi connectivity index (χ1v) is 11.3. The molecule has 1 fully saturated rings. The fourth-order valence-corrected chi connectivity index (χ4v) is 3.92. The van der Waals surface area contributed by atoms with Crippen LogP contribution in [0, 0.1) is 6.92 Å². The summed E-state index contributed by atoms with van der Waals surface area (Å²) in [5, 5.41) is 3.77. The van der Waals surface area contributed by atoms with Gasteiger partial charge in [-0.2, -0.15) is 4.98 Å². The van der Waals surface area contributed by atoms with Crippen molar-refractivity contribution >= 4 is 15.9 Å². The third kappa shape index (κ3) is 4.68. The molecule has 3 heterocycles. The summed E-state index contributed by atoms with van der Waals surface area (Å²) in [5.41, 5.74) is 2.06. The highest BCUT2D eigenvalue weighted by Gasteiger charge is 2.27. The zero-order valence-electron chi connectivity index (χ0n) is 17.2. The van der Waals surface area contributed by atoms with E-state index in [1.165, 1.54) is 19.2 Å². The summed E-state index contributed by atoms with van der Waals surface area (Å²) in [7, 11) is -2.44. The lowest BCUT2D eigenvalue weighted by atomic mass is 10.1. The molecule has 1 saturated heterocycles. The number of hydrogen-bond donors (Lipinski definition) is 1. The van der Waals surface area contributed by atoms with Crippen molar-refractivity contribution in [1.82, 2.24) is 24.7 Å². The molecule has 10 nitrogen and oxygen atoms in total. The molecule has 1 N–H and O–H groups in total. The predicted molar refractivity (Wildman–Crippen MR) is 111 cm³/mol. The quantitative estimate of drug-likeness (QED) is 0.606. The van der Waals surface area contributed by atoms with Crippen molar-refractivity contribution in [2.45, 2.75) is 18.6 Å². The van der Waals surface area contributed by atoms with Crippen molar-refractivity contribution in [1.29, 1.82) is 0 Å². The molecule has 11 heteroatoms. The van der Waals surface area contributed by atoms with Gasteiger partial charge in [0.25, 0.3) is 15.9 Å². The highest BCUT2D eigenvalue weighted by Crippen LogP contribution is 2.19. The van der Waals surface area contributed by atoms with Crippen LogP contribution in [-0.4, -0.2) is 67.5 Å². The van der Waals surface area contributed by atoms with Gasteiger partial charge in [-0.1, -0.05) is 35.0 Å². The zero-order valence-corrected chi connectivity index (χ0v) is 18.1. The van der Waals surface area contributed by atoms with E-state index < -0.39 is 10.0 Å². The van der Waals surface area contributed by atoms with Crippen molar-refractivity contribution < 1.29 is 22.2 Å². The predicted octanol–water partition coefficient (Wildman–Crippen LogP) is 1.50. The second-order valence-corrected chi connectivity index (χ2v) is 9.09. The molecule has 164 valence electrons. The summed E-state index contributed by atoms with van der Waals surface area (Å²) in [6.45, 7) is 4.71. The fourth-order valence-electron chi connectivity index (χ4n) is 3.28. The van der Waals surface area contributed by atoms with Gasteiger partial charge in [0.05, 0.1) is 6.54 Å². The second-order valence-electron chi connectivity index (χ2n) is 7.27. The van der Waals surface area contributed by atoms with Crippen LogP contribution in [0.15, 0.2) is 50.4 Å². The number of amides is 1. The molecule has 0 saturated carbocycles. The molecule has 0 spiro atoms. The summed E-state index contributed by atoms with van der Waals surface area (Å²) in [5.74, 6) is 0.732. The van der Waals surface area contributed by atoms with Crippen LogP contribution in [0.2, 0.25) is 0 Å². The lowest BCUT2D eigenvalue weighted by Gasteiger charge is -2.33. The van der Waals surface area contributed by atoms with Crippen LogP contribution < -0.4 is 4.72 Å². The van der Waals surface area contributed by atoms with Gasteiger partial charge in [0, 0.05) is 31.7 Å². The van der Waals surface area contributed by atoms with Crippen LogP contribution in [0.25, 0.3) is 11.4 Å². The Morgan fingerprint density at radius 1 is 1.10 bits per heavy atom. The maximum atomic E-state index is 12.6. The van der Waals surface area contributed by atoms with Crippen LogP contribution in [0.1, 0.15) is 22.0 Å². The van der Waals surface area contributed by atoms with Crippen molar-refractivity contribution in [2.24, 2.45) is 0 Å². The Morgan fingerprint density at radius 2 is 1.81 bits per heavy atom. The number of sulfonamides is 1. The van der Waals surface area contributed by atoms with Gasteiger partial charge in [-0.3, -0.25) is 9.69 Å². The van der Waals surface area contributed by atoms with Gasteiger partial charge in [0.15, 0.2) is 5.76 Å². The Balaban J connectivity index is 1.33. The number of aromatic nitrogens is 2. The van der Waals surface area contributed by atoms with Crippen LogP contribution in [0.4, 0.5) is 0 Å². The monoisotopic (exact) mass is 445 g/mol. The molecular weight excluding hydrogens is 422 g/mol. The standard InChI is InChI=1S/C20H23N5O5S/c1-14-3-5-15(6-4-14)19-22-17(30-23-19)13-24-9-11-25(12-10-24)20(26)16-7-8-18(29-16)31(27,28)21-2/h3-8,21H,9-13H2,1-2H3. The largest absolute Gasteiger partial charge is 0.438 e. The van der Waals surface area contributed by atoms with E-state index in [1.807, 2.05) is 31.2 Å². The normalized spacial score (nSPS) is 15.4. The Hall–Kier alpha value is -3.02. The summed E-state index contributed by atoms with van der Waals surface area (Å²) in [4.78, 5) is 20.9. The number of carbonyl (C=O) groups is 1. The minimum atomic E-state index is -3.72. The highest BCUT2D eigenvalue weighted by molar-refractivity contribution is 7.89. The first-order valence-electron chi connectivity index (χ1n) is 9.80. The Bertz CT molecular complexity index is 1160. The lowest BCUT2D eigenvalue weighted by Crippen LogP contribution is -2.48. The molecule has 1 aliphatic heterocycles. The number of rotatable bonds is 6. The zero-order chi connectivity index (χ0) is 22.0. The van der Waals surface area contributed by atoms with Gasteiger partial charge in [-0.15, -0.1) is 0 Å². The van der Waals surface area contributed by atoms with Gasteiger partial charge in [-0.05, 0) is 26.1 Å². The van der Waals surface area contributed by atoms with Crippen molar-refractivity contribution in [3.63, 3.8) is 0 Å². The van der Waals surface area contributed by atoms with Gasteiger partial charge in [0.2, 0.25) is 16.8 Å². The fraction of sp³-hybridized carbons (Fsp3) is 0.350. The molecule has 4 rings (SSSR count). The molecule has 0 bridgehead atoms. The first-order chi connectivity index (χ1) is 14.9. The number of nitrogens with one attached hydrogen (secondary N) is 1. The van der Waals surface area contributed by atoms with Crippen LogP contribution >= 0.6 is 0 Å². The summed E-state index contributed by atoms with van der Waals surface area (Å²) >= 11 is 0. The van der Waals surface area contributed by atoms with Gasteiger partial charge >= 0.3 is 0 Å². The molecule has 0 atom stereocenters. The minimum Gasteiger partial charge on any atom is -0.438 e. The average Bonchev–Trinajstić information content (AvgIpc) is 3.45. The number of hydrogen-bond acceptors (Lipinski definition) is 8. The molecule has 0 radical (unpaired) electrons. The van der Waals surface area contributed by atoms with E-state index in [0.29, 0.717) is 44.4 Å². The molecular formula is C20H23N5O5S. The van der Waals surface area contributed by atoms with E-state index >= 15 is 0 Å². The van der Waals surface area contributed by atoms with E-state index in [9.17, 15) is 13.2 Å². The summed E-state index contributed by atoms with van der Waals surface area (Å²) in [6.07, 6.45) is 0. The van der Waals surface area contributed by atoms with E-state index in [2.05, 4.69) is 19.8 Å². The van der Waals surface area contributed by atoms with E-state index in [4.69, 9.17) is 8.94 Å². The van der Waals surface area contributed by atoms with Crippen LogP contribution in [0.3, 0.4) is 0 Å². The van der Waals surface area contributed by atoms with E-state index in [-0.39, 0.29) is 16.8 Å². The van der Waals surface area contributed by atoms with Crippen molar-refractivity contribution in [3.05, 3.63) is 53.6 Å². The SMILES string of the molecule is CNS(=O)(=O)c1ccc(C(=O)N2CCN(Cc3nc(-c4ccc(C)cc4)no3)CC2)o1. The van der Waals surface area contributed by atoms with Gasteiger partial charge < -0.3 is 13.8 Å². The smallest absolute Gasteiger partial charge is 0.289 e. The number of aryl methyl sites for hydroxylation is 1. The average molecular weight is 446 g/mol. The lowest BCUT2D eigenvalue weighted by molar-refractivity contribution is 0.0579. The Morgan fingerprint density at radius 3 is 2.48 bits per heavy atom. The number of benzene rings is 1. The summed E-state index contributed by atoms with van der Waals surface area (Å²) in [6, 6.07) is 10.6. The number of furan rings is 1. The molecule has 2 aromatic heterocycles. The second kappa shape index (κ2) is 8.61. The van der Waals surface area contributed by atoms with Crippen molar-refractivity contribution in [3.8, 4) is 11.4 Å². The van der Waals surface area contributed by atoms with Gasteiger partial charge in [0.1, 0.15) is 0 Å². The van der Waals surface area contributed by atoms with E-state index in [1.54, 1.807) is 4.90 Å². The first kappa shape index (κ1) is 21.2. The number of piperazine rings is 1. The topological polar surface area (TPSA) is 122 Å². The molecule has 1 aliphatic rings. The number of carbonyl (C=O) groups excluding carboxylic acids is 1. The Labute approximate surface area is 179 Å². The summed E-state index contributed by atoms with van der Waals surface area (Å²) < 4.78 is 36.3. The van der Waals surface area contributed by atoms with Crippen LogP contribution in [0.5, 0.6) is 0 Å². The van der Waals surface area contributed by atoms with E-state index in [0.717, 1.165) is 11.1 Å². The molecule has 1 amide bonds. The molecule has 0 aliphatic carbocycles. The maximum absolute atomic E-state index is 12.6. The third-order valence-electron chi connectivity index (χ3n) is 5.12.